The van der Waals surface area contributed by atoms with Gasteiger partial charge < -0.3 is 24.8 Å². The standard InChI is InChI=1S/C15H16N2O6/c18-13-4-2-10(17-13)15(20)23-8-14(19)16-9-1-3-11-12(7-9)22-6-5-21-11/h1,3,7,10H,2,4-6,8H2,(H,16,19)(H,17,18)/t10-/m0/s1. The van der Waals surface area contributed by atoms with E-state index in [1.165, 1.54) is 0 Å². The van der Waals surface area contributed by atoms with Crippen LogP contribution in [0.5, 0.6) is 11.5 Å². The van der Waals surface area contributed by atoms with Crippen LogP contribution in [-0.4, -0.2) is 43.6 Å². The number of ether oxygens (including phenoxy) is 3. The number of fused-ring (bicyclic) bond motifs is 1. The van der Waals surface area contributed by atoms with Crippen LogP contribution >= 0.6 is 0 Å². The van der Waals surface area contributed by atoms with Crippen LogP contribution in [0.1, 0.15) is 12.8 Å². The molecule has 23 heavy (non-hydrogen) atoms. The van der Waals surface area contributed by atoms with Gasteiger partial charge in [-0.05, 0) is 18.6 Å². The Kier molecular flexibility index (Phi) is 4.31. The smallest absolute Gasteiger partial charge is 0.329 e. The zero-order valence-corrected chi connectivity index (χ0v) is 12.3. The predicted molar refractivity (Wildman–Crippen MR) is 78.2 cm³/mol. The molecule has 0 saturated carbocycles. The van der Waals surface area contributed by atoms with E-state index in [0.29, 0.717) is 43.2 Å². The number of hydrogen-bond acceptors (Lipinski definition) is 6. The average Bonchev–Trinajstić information content (AvgIpc) is 2.99. The second-order valence-corrected chi connectivity index (χ2v) is 5.17. The van der Waals surface area contributed by atoms with Crippen molar-refractivity contribution in [2.75, 3.05) is 25.1 Å². The molecular weight excluding hydrogens is 304 g/mol. The van der Waals surface area contributed by atoms with E-state index in [0.717, 1.165) is 0 Å². The van der Waals surface area contributed by atoms with Gasteiger partial charge in [-0.15, -0.1) is 0 Å². The minimum absolute atomic E-state index is 0.187. The maximum atomic E-state index is 11.8. The number of hydrogen-bond donors (Lipinski definition) is 2. The molecule has 2 amide bonds. The van der Waals surface area contributed by atoms with Crippen LogP contribution in [0.4, 0.5) is 5.69 Å². The first-order valence-corrected chi connectivity index (χ1v) is 7.27. The molecule has 1 atom stereocenters. The molecule has 3 rings (SSSR count). The van der Waals surface area contributed by atoms with Gasteiger partial charge in [-0.25, -0.2) is 4.79 Å². The zero-order valence-electron chi connectivity index (χ0n) is 12.3. The summed E-state index contributed by atoms with van der Waals surface area (Å²) in [7, 11) is 0. The summed E-state index contributed by atoms with van der Waals surface area (Å²) in [5.41, 5.74) is 0.518. The van der Waals surface area contributed by atoms with Gasteiger partial charge in [-0.1, -0.05) is 0 Å². The molecule has 8 heteroatoms. The van der Waals surface area contributed by atoms with Crippen LogP contribution in [0.25, 0.3) is 0 Å². The van der Waals surface area contributed by atoms with Gasteiger partial charge in [0.2, 0.25) is 5.91 Å². The molecule has 2 aliphatic heterocycles. The van der Waals surface area contributed by atoms with Crippen molar-refractivity contribution in [2.24, 2.45) is 0 Å². The Hall–Kier alpha value is -2.77. The number of carbonyl (C=O) groups excluding carboxylic acids is 3. The Morgan fingerprint density at radius 3 is 2.78 bits per heavy atom. The van der Waals surface area contributed by atoms with E-state index in [1.807, 2.05) is 0 Å². The molecule has 122 valence electrons. The molecule has 1 saturated heterocycles. The summed E-state index contributed by atoms with van der Waals surface area (Å²) in [5, 5.41) is 5.09. The average molecular weight is 320 g/mol. The third-order valence-electron chi connectivity index (χ3n) is 3.45. The summed E-state index contributed by atoms with van der Waals surface area (Å²) in [6, 6.07) is 4.35. The van der Waals surface area contributed by atoms with Crippen LogP contribution < -0.4 is 20.1 Å². The minimum atomic E-state index is -0.662. The van der Waals surface area contributed by atoms with Crippen molar-refractivity contribution in [1.29, 1.82) is 0 Å². The van der Waals surface area contributed by atoms with Crippen molar-refractivity contribution in [1.82, 2.24) is 5.32 Å². The first-order chi connectivity index (χ1) is 11.1. The molecular formula is C15H16N2O6. The minimum Gasteiger partial charge on any atom is -0.486 e. The molecule has 1 aromatic carbocycles. The highest BCUT2D eigenvalue weighted by Gasteiger charge is 2.28. The molecule has 2 heterocycles. The van der Waals surface area contributed by atoms with E-state index in [2.05, 4.69) is 10.6 Å². The van der Waals surface area contributed by atoms with E-state index in [-0.39, 0.29) is 5.91 Å². The quantitative estimate of drug-likeness (QED) is 0.769. The molecule has 1 aromatic rings. The summed E-state index contributed by atoms with van der Waals surface area (Å²) < 4.78 is 15.7. The maximum Gasteiger partial charge on any atom is 0.329 e. The summed E-state index contributed by atoms with van der Waals surface area (Å²) in [6.07, 6.45) is 0.685. The van der Waals surface area contributed by atoms with Crippen LogP contribution in [0, 0.1) is 0 Å². The van der Waals surface area contributed by atoms with Crippen molar-refractivity contribution < 1.29 is 28.6 Å². The van der Waals surface area contributed by atoms with E-state index in [4.69, 9.17) is 14.2 Å². The number of anilines is 1. The van der Waals surface area contributed by atoms with E-state index >= 15 is 0 Å². The Morgan fingerprint density at radius 2 is 2.04 bits per heavy atom. The SMILES string of the molecule is O=C(COC(=O)[C@@H]1CCC(=O)N1)Nc1ccc2c(c1)OCCO2. The van der Waals surface area contributed by atoms with Crippen molar-refractivity contribution in [3.63, 3.8) is 0 Å². The van der Waals surface area contributed by atoms with E-state index in [1.54, 1.807) is 18.2 Å². The summed E-state index contributed by atoms with van der Waals surface area (Å²) >= 11 is 0. The predicted octanol–water partition coefficient (Wildman–Crippen LogP) is 0.218. The monoisotopic (exact) mass is 320 g/mol. The van der Waals surface area contributed by atoms with Gasteiger partial charge in [0.1, 0.15) is 19.3 Å². The molecule has 2 aliphatic rings. The molecule has 2 N–H and O–H groups in total. The second-order valence-electron chi connectivity index (χ2n) is 5.17. The third kappa shape index (κ3) is 3.71. The van der Waals surface area contributed by atoms with Crippen LogP contribution in [-0.2, 0) is 19.1 Å². The van der Waals surface area contributed by atoms with Crippen molar-refractivity contribution in [2.45, 2.75) is 18.9 Å². The Balaban J connectivity index is 1.49. The Bertz CT molecular complexity index is 645. The lowest BCUT2D eigenvalue weighted by Crippen LogP contribution is -2.36. The van der Waals surface area contributed by atoms with Crippen molar-refractivity contribution in [3.05, 3.63) is 18.2 Å². The molecule has 0 bridgehead atoms. The highest BCUT2D eigenvalue weighted by Crippen LogP contribution is 2.32. The van der Waals surface area contributed by atoms with E-state index < -0.39 is 24.5 Å². The molecule has 0 aromatic heterocycles. The number of carbonyl (C=O) groups is 3. The fourth-order valence-corrected chi connectivity index (χ4v) is 2.35. The molecule has 1 fully saturated rings. The largest absolute Gasteiger partial charge is 0.486 e. The van der Waals surface area contributed by atoms with Gasteiger partial charge in [-0.2, -0.15) is 0 Å². The Labute approximate surface area is 132 Å². The fourth-order valence-electron chi connectivity index (χ4n) is 2.35. The number of amides is 2. The molecule has 0 radical (unpaired) electrons. The maximum absolute atomic E-state index is 11.8. The zero-order chi connectivity index (χ0) is 16.2. The van der Waals surface area contributed by atoms with Gasteiger partial charge >= 0.3 is 5.97 Å². The highest BCUT2D eigenvalue weighted by molar-refractivity contribution is 5.94. The molecule has 0 unspecified atom stereocenters. The van der Waals surface area contributed by atoms with Gasteiger partial charge in [0.15, 0.2) is 18.1 Å². The molecule has 0 spiro atoms. The van der Waals surface area contributed by atoms with Gasteiger partial charge in [0.25, 0.3) is 5.91 Å². The van der Waals surface area contributed by atoms with Crippen LogP contribution in [0.2, 0.25) is 0 Å². The lowest BCUT2D eigenvalue weighted by molar-refractivity contribution is -0.149. The normalized spacial score (nSPS) is 19.0. The lowest BCUT2D eigenvalue weighted by atomic mass is 10.2. The third-order valence-corrected chi connectivity index (χ3v) is 3.45. The fraction of sp³-hybridized carbons (Fsp3) is 0.400. The lowest BCUT2D eigenvalue weighted by Gasteiger charge is -2.19. The molecule has 8 nitrogen and oxygen atoms in total. The van der Waals surface area contributed by atoms with E-state index in [9.17, 15) is 14.4 Å². The first kappa shape index (κ1) is 15.1. The summed E-state index contributed by atoms with van der Waals surface area (Å²) in [5.74, 6) is -0.0856. The topological polar surface area (TPSA) is 103 Å². The number of benzene rings is 1. The Morgan fingerprint density at radius 1 is 1.26 bits per heavy atom. The number of nitrogens with one attached hydrogen (secondary N) is 2. The number of rotatable bonds is 4. The van der Waals surface area contributed by atoms with Gasteiger partial charge in [-0.3, -0.25) is 9.59 Å². The van der Waals surface area contributed by atoms with Gasteiger partial charge in [0.05, 0.1) is 0 Å². The second kappa shape index (κ2) is 6.55. The van der Waals surface area contributed by atoms with Crippen molar-refractivity contribution in [3.8, 4) is 11.5 Å². The number of esters is 1. The van der Waals surface area contributed by atoms with Crippen molar-refractivity contribution >= 4 is 23.5 Å². The van der Waals surface area contributed by atoms with Crippen LogP contribution in [0.15, 0.2) is 18.2 Å². The first-order valence-electron chi connectivity index (χ1n) is 7.27. The van der Waals surface area contributed by atoms with Crippen LogP contribution in [0.3, 0.4) is 0 Å². The summed E-state index contributed by atoms with van der Waals surface area (Å²) in [6.45, 7) is 0.529. The summed E-state index contributed by atoms with van der Waals surface area (Å²) in [4.78, 5) is 34.5. The van der Waals surface area contributed by atoms with Gasteiger partial charge in [0, 0.05) is 18.2 Å². The molecule has 0 aliphatic carbocycles. The highest BCUT2D eigenvalue weighted by atomic mass is 16.6.